The molecule has 0 radical (unpaired) electrons. The molecule has 10 heteroatoms. The molecule has 0 spiro atoms. The lowest BCUT2D eigenvalue weighted by atomic mass is 10.0. The molecule has 1 N–H and O–H groups in total. The van der Waals surface area contributed by atoms with Gasteiger partial charge in [0.25, 0.3) is 0 Å². The number of nitrogens with one attached hydrogen (secondary N) is 1. The van der Waals surface area contributed by atoms with E-state index in [2.05, 4.69) is 28.7 Å². The minimum absolute atomic E-state index is 0.139. The molecule has 0 bridgehead atoms. The molecule has 0 fully saturated rings. The van der Waals surface area contributed by atoms with E-state index in [1.807, 2.05) is 44.2 Å². The molecule has 39 heavy (non-hydrogen) atoms. The summed E-state index contributed by atoms with van der Waals surface area (Å²) >= 11 is 0. The Morgan fingerprint density at radius 1 is 0.897 bits per heavy atom. The highest BCUT2D eigenvalue weighted by Crippen LogP contribution is 2.28. The summed E-state index contributed by atoms with van der Waals surface area (Å²) < 4.78 is 60.5. The predicted molar refractivity (Wildman–Crippen MR) is 153 cm³/mol. The first-order valence-electron chi connectivity index (χ1n) is 13.2. The number of benzene rings is 3. The number of hydrogen-bond donors (Lipinski definition) is 1. The maximum Gasteiger partial charge on any atom is 0.382 e. The SMILES string of the molecule is CCN(Cc1ccccc1)Cc1ccc(S(=O)(=O)N2CCc3ccc(OS(=O)(=O)NCC(C)C)cc3C2)cc1. The average molecular weight is 572 g/mol. The van der Waals surface area contributed by atoms with E-state index in [9.17, 15) is 16.8 Å². The van der Waals surface area contributed by atoms with Crippen LogP contribution in [0, 0.1) is 5.92 Å². The van der Waals surface area contributed by atoms with Crippen LogP contribution in [0.15, 0.2) is 77.7 Å². The van der Waals surface area contributed by atoms with Crippen LogP contribution in [0.4, 0.5) is 0 Å². The first-order valence-corrected chi connectivity index (χ1v) is 16.1. The van der Waals surface area contributed by atoms with Gasteiger partial charge >= 0.3 is 10.3 Å². The fraction of sp³-hybridized carbons (Fsp3) is 0.379. The van der Waals surface area contributed by atoms with E-state index in [0.29, 0.717) is 13.0 Å². The highest BCUT2D eigenvalue weighted by Gasteiger charge is 2.29. The molecular formula is C29H37N3O5S2. The second-order valence-corrected chi connectivity index (χ2v) is 13.5. The Labute approximate surface area is 232 Å². The molecule has 1 aliphatic rings. The van der Waals surface area contributed by atoms with Crippen molar-refractivity contribution in [2.24, 2.45) is 5.92 Å². The standard InChI is InChI=1S/C29H37N3O5S2/c1-4-31(20-24-8-6-5-7-9-24)21-25-10-14-29(15-11-25)38(33,34)32-17-16-26-12-13-28(18-27(26)22-32)37-39(35,36)30-19-23(2)3/h5-15,18,23,30H,4,16-17,19-22H2,1-3H3. The topological polar surface area (TPSA) is 96.0 Å². The highest BCUT2D eigenvalue weighted by atomic mass is 32.2. The molecular weight excluding hydrogens is 534 g/mol. The molecule has 210 valence electrons. The highest BCUT2D eigenvalue weighted by molar-refractivity contribution is 7.89. The van der Waals surface area contributed by atoms with Gasteiger partial charge in [-0.25, -0.2) is 8.42 Å². The molecule has 0 saturated carbocycles. The maximum absolute atomic E-state index is 13.5. The summed E-state index contributed by atoms with van der Waals surface area (Å²) in [6, 6.07) is 22.4. The quantitative estimate of drug-likeness (QED) is 0.348. The Kier molecular flexibility index (Phi) is 9.45. The van der Waals surface area contributed by atoms with Crippen LogP contribution >= 0.6 is 0 Å². The normalized spacial score (nSPS) is 14.5. The summed E-state index contributed by atoms with van der Waals surface area (Å²) in [5.41, 5.74) is 4.00. The zero-order valence-electron chi connectivity index (χ0n) is 22.7. The third kappa shape index (κ3) is 7.89. The molecule has 0 unspecified atom stereocenters. The second kappa shape index (κ2) is 12.6. The lowest BCUT2D eigenvalue weighted by molar-refractivity contribution is 0.271. The lowest BCUT2D eigenvalue weighted by Crippen LogP contribution is -2.36. The molecule has 1 aliphatic heterocycles. The van der Waals surface area contributed by atoms with E-state index in [0.717, 1.165) is 36.3 Å². The van der Waals surface area contributed by atoms with E-state index in [-0.39, 0.29) is 29.7 Å². The third-order valence-corrected chi connectivity index (χ3v) is 9.48. The van der Waals surface area contributed by atoms with E-state index >= 15 is 0 Å². The van der Waals surface area contributed by atoms with Gasteiger partial charge in [0.2, 0.25) is 10.0 Å². The first kappa shape index (κ1) is 29.2. The summed E-state index contributed by atoms with van der Waals surface area (Å²) in [4.78, 5) is 2.55. The fourth-order valence-electron chi connectivity index (χ4n) is 4.48. The van der Waals surface area contributed by atoms with Gasteiger partial charge in [0, 0.05) is 32.7 Å². The number of hydrogen-bond acceptors (Lipinski definition) is 6. The van der Waals surface area contributed by atoms with Gasteiger partial charge in [-0.15, -0.1) is 0 Å². The first-order chi connectivity index (χ1) is 18.6. The molecule has 3 aromatic rings. The molecule has 0 saturated heterocycles. The van der Waals surface area contributed by atoms with E-state index in [1.54, 1.807) is 30.3 Å². The lowest BCUT2D eigenvalue weighted by Gasteiger charge is -2.28. The van der Waals surface area contributed by atoms with Crippen LogP contribution in [0.3, 0.4) is 0 Å². The minimum Gasteiger partial charge on any atom is -0.371 e. The molecule has 0 atom stereocenters. The minimum atomic E-state index is -3.96. The van der Waals surface area contributed by atoms with Crippen molar-refractivity contribution in [1.29, 1.82) is 0 Å². The van der Waals surface area contributed by atoms with Crippen LogP contribution in [0.25, 0.3) is 0 Å². The van der Waals surface area contributed by atoms with Crippen LogP contribution in [-0.4, -0.2) is 45.7 Å². The Hall–Kier alpha value is -2.76. The van der Waals surface area contributed by atoms with Crippen LogP contribution in [0.2, 0.25) is 0 Å². The monoisotopic (exact) mass is 571 g/mol. The molecule has 0 amide bonds. The summed E-state index contributed by atoms with van der Waals surface area (Å²) in [5.74, 6) is 0.296. The van der Waals surface area contributed by atoms with Gasteiger partial charge in [-0.1, -0.05) is 69.3 Å². The molecule has 1 heterocycles. The predicted octanol–water partition coefficient (Wildman–Crippen LogP) is 4.32. The largest absolute Gasteiger partial charge is 0.382 e. The van der Waals surface area contributed by atoms with E-state index in [4.69, 9.17) is 4.18 Å². The second-order valence-electron chi connectivity index (χ2n) is 10.2. The number of sulfonamides is 1. The van der Waals surface area contributed by atoms with Crippen molar-refractivity contribution in [3.05, 3.63) is 95.1 Å². The van der Waals surface area contributed by atoms with Crippen molar-refractivity contribution < 1.29 is 21.0 Å². The van der Waals surface area contributed by atoms with Crippen molar-refractivity contribution in [1.82, 2.24) is 13.9 Å². The molecule has 0 aromatic heterocycles. The van der Waals surface area contributed by atoms with Crippen molar-refractivity contribution >= 4 is 20.3 Å². The Morgan fingerprint density at radius 3 is 2.21 bits per heavy atom. The molecule has 8 nitrogen and oxygen atoms in total. The van der Waals surface area contributed by atoms with Crippen molar-refractivity contribution in [2.45, 2.75) is 51.7 Å². The summed E-state index contributed by atoms with van der Waals surface area (Å²) in [6.45, 7) is 9.11. The van der Waals surface area contributed by atoms with Gasteiger partial charge in [0.05, 0.1) is 4.90 Å². The van der Waals surface area contributed by atoms with Crippen LogP contribution in [0.5, 0.6) is 5.75 Å². The summed E-state index contributed by atoms with van der Waals surface area (Å²) in [5, 5.41) is 0. The maximum atomic E-state index is 13.5. The van der Waals surface area contributed by atoms with Gasteiger partial charge in [-0.3, -0.25) is 4.90 Å². The van der Waals surface area contributed by atoms with E-state index in [1.165, 1.54) is 9.87 Å². The Balaban J connectivity index is 1.43. The van der Waals surface area contributed by atoms with Crippen molar-refractivity contribution in [3.63, 3.8) is 0 Å². The van der Waals surface area contributed by atoms with Crippen LogP contribution < -0.4 is 8.91 Å². The van der Waals surface area contributed by atoms with E-state index < -0.39 is 20.3 Å². The zero-order chi connectivity index (χ0) is 28.0. The summed E-state index contributed by atoms with van der Waals surface area (Å²) in [6.07, 6.45) is 0.538. The Morgan fingerprint density at radius 2 is 1.56 bits per heavy atom. The Bertz CT molecular complexity index is 1460. The average Bonchev–Trinajstić information content (AvgIpc) is 2.92. The molecule has 3 aromatic carbocycles. The number of nitrogens with zero attached hydrogens (tertiary/aromatic N) is 2. The smallest absolute Gasteiger partial charge is 0.371 e. The van der Waals surface area contributed by atoms with Gasteiger partial charge in [-0.05, 0) is 65.4 Å². The zero-order valence-corrected chi connectivity index (χ0v) is 24.3. The molecule has 0 aliphatic carbocycles. The van der Waals surface area contributed by atoms with Gasteiger partial charge in [-0.2, -0.15) is 17.4 Å². The number of fused-ring (bicyclic) bond motifs is 1. The molecule has 4 rings (SSSR count). The van der Waals surface area contributed by atoms with Crippen molar-refractivity contribution in [3.8, 4) is 5.75 Å². The van der Waals surface area contributed by atoms with Crippen LogP contribution in [-0.2, 0) is 46.4 Å². The van der Waals surface area contributed by atoms with Crippen molar-refractivity contribution in [2.75, 3.05) is 19.6 Å². The summed E-state index contributed by atoms with van der Waals surface area (Å²) in [7, 11) is -7.68. The third-order valence-electron chi connectivity index (χ3n) is 6.69. The van der Waals surface area contributed by atoms with Crippen LogP contribution in [0.1, 0.15) is 43.0 Å². The van der Waals surface area contributed by atoms with Gasteiger partial charge in [0.1, 0.15) is 5.75 Å². The number of rotatable bonds is 12. The van der Waals surface area contributed by atoms with Gasteiger partial charge < -0.3 is 4.18 Å². The fourth-order valence-corrected chi connectivity index (χ4v) is 6.86. The van der Waals surface area contributed by atoms with Gasteiger partial charge in [0.15, 0.2) is 0 Å².